The quantitative estimate of drug-likeness (QED) is 0.731. The smallest absolute Gasteiger partial charge is 0.251 e. The van der Waals surface area contributed by atoms with Crippen LogP contribution in [0.5, 0.6) is 5.75 Å². The number of halogens is 2. The zero-order valence-corrected chi connectivity index (χ0v) is 12.3. The van der Waals surface area contributed by atoms with Crippen LogP contribution < -0.4 is 0 Å². The Morgan fingerprint density at radius 3 is 2.48 bits per heavy atom. The zero-order valence-electron chi connectivity index (χ0n) is 11.5. The van der Waals surface area contributed by atoms with Crippen LogP contribution in [0.1, 0.15) is 24.0 Å². The summed E-state index contributed by atoms with van der Waals surface area (Å²) in [6.45, 7) is 1.99. The van der Waals surface area contributed by atoms with E-state index in [0.717, 1.165) is 27.1 Å². The van der Waals surface area contributed by atoms with Crippen molar-refractivity contribution in [1.82, 2.24) is 0 Å². The number of phenolic OH excluding ortho intramolecular Hbond substituents is 1. The van der Waals surface area contributed by atoms with Gasteiger partial charge in [0.1, 0.15) is 5.75 Å². The predicted molar refractivity (Wildman–Crippen MR) is 80.0 cm³/mol. The van der Waals surface area contributed by atoms with Crippen molar-refractivity contribution >= 4 is 11.8 Å². The van der Waals surface area contributed by atoms with Crippen LogP contribution >= 0.6 is 11.8 Å². The molecule has 0 saturated heterocycles. The van der Waals surface area contributed by atoms with Crippen molar-refractivity contribution in [2.45, 2.75) is 35.3 Å². The molecule has 2 aromatic carbocycles. The molecule has 2 aromatic rings. The number of hydrogen-bond acceptors (Lipinski definition) is 2. The first kappa shape index (κ1) is 13.1. The number of hydrogen-bond donors (Lipinski definition) is 1. The summed E-state index contributed by atoms with van der Waals surface area (Å²) in [6, 6.07) is 11.3. The van der Waals surface area contributed by atoms with Crippen molar-refractivity contribution in [2.24, 2.45) is 0 Å². The van der Waals surface area contributed by atoms with Crippen molar-refractivity contribution < 1.29 is 13.9 Å². The van der Waals surface area contributed by atoms with Crippen LogP contribution in [0.4, 0.5) is 8.78 Å². The molecule has 1 fully saturated rings. The van der Waals surface area contributed by atoms with E-state index in [9.17, 15) is 13.9 Å². The third-order valence-corrected chi connectivity index (χ3v) is 5.77. The van der Waals surface area contributed by atoms with Crippen molar-refractivity contribution in [2.75, 3.05) is 0 Å². The minimum atomic E-state index is -2.58. The number of thioether (sulfide) groups is 1. The average Bonchev–Trinajstić information content (AvgIpc) is 2.36. The first-order valence-corrected chi connectivity index (χ1v) is 7.72. The summed E-state index contributed by atoms with van der Waals surface area (Å²) in [5.74, 6) is -2.40. The van der Waals surface area contributed by atoms with Gasteiger partial charge in [-0.05, 0) is 41.8 Å². The Hall–Kier alpha value is -1.55. The molecule has 21 heavy (non-hydrogen) atoms. The van der Waals surface area contributed by atoms with Crippen molar-refractivity contribution in [3.05, 3.63) is 47.5 Å². The fourth-order valence-corrected chi connectivity index (χ4v) is 5.13. The fourth-order valence-electron chi connectivity index (χ4n) is 3.40. The summed E-state index contributed by atoms with van der Waals surface area (Å²) in [6.07, 6.45) is -0.258. The molecule has 4 rings (SSSR count). The molecular weight excluding hydrogens is 290 g/mol. The SMILES string of the molecule is Cc1ccc2c(c1)C1(CC(F)(F)C1)Sc1cc(O)ccc1-2. The lowest BCUT2D eigenvalue weighted by Crippen LogP contribution is -2.48. The number of rotatable bonds is 0. The van der Waals surface area contributed by atoms with Gasteiger partial charge >= 0.3 is 0 Å². The molecule has 1 aliphatic heterocycles. The Bertz CT molecular complexity index is 746. The minimum absolute atomic E-state index is 0.129. The van der Waals surface area contributed by atoms with E-state index in [4.69, 9.17) is 0 Å². The zero-order chi connectivity index (χ0) is 14.8. The highest BCUT2D eigenvalue weighted by Gasteiger charge is 2.59. The highest BCUT2D eigenvalue weighted by Crippen LogP contribution is 2.66. The second-order valence-corrected chi connectivity index (χ2v) is 7.46. The molecule has 1 nitrogen and oxygen atoms in total. The predicted octanol–water partition coefficient (Wildman–Crippen LogP) is 5.10. The van der Waals surface area contributed by atoms with E-state index in [2.05, 4.69) is 0 Å². The fraction of sp³-hybridized carbons (Fsp3) is 0.294. The first-order chi connectivity index (χ1) is 9.89. The normalized spacial score (nSPS) is 20.5. The topological polar surface area (TPSA) is 20.2 Å². The molecule has 4 heteroatoms. The van der Waals surface area contributed by atoms with Crippen molar-refractivity contribution in [3.63, 3.8) is 0 Å². The molecule has 0 bridgehead atoms. The summed E-state index contributed by atoms with van der Waals surface area (Å²) in [5.41, 5.74) is 4.14. The maximum absolute atomic E-state index is 13.6. The van der Waals surface area contributed by atoms with E-state index in [1.807, 2.05) is 31.2 Å². The third-order valence-electron chi connectivity index (χ3n) is 4.31. The van der Waals surface area contributed by atoms with Gasteiger partial charge in [0.05, 0.1) is 4.75 Å². The van der Waals surface area contributed by atoms with Gasteiger partial charge in [-0.15, -0.1) is 11.8 Å². The Labute approximate surface area is 126 Å². The lowest BCUT2D eigenvalue weighted by molar-refractivity contribution is -0.0977. The average molecular weight is 304 g/mol. The second-order valence-electron chi connectivity index (χ2n) is 6.04. The monoisotopic (exact) mass is 304 g/mol. The number of phenols is 1. The van der Waals surface area contributed by atoms with Gasteiger partial charge < -0.3 is 5.11 Å². The molecule has 108 valence electrons. The Morgan fingerprint density at radius 2 is 1.76 bits per heavy atom. The van der Waals surface area contributed by atoms with Crippen LogP contribution in [-0.4, -0.2) is 11.0 Å². The van der Waals surface area contributed by atoms with Crippen LogP contribution in [-0.2, 0) is 4.75 Å². The van der Waals surface area contributed by atoms with Gasteiger partial charge in [-0.25, -0.2) is 8.78 Å². The molecule has 0 unspecified atom stereocenters. The van der Waals surface area contributed by atoms with Gasteiger partial charge in [-0.2, -0.15) is 0 Å². The van der Waals surface area contributed by atoms with Gasteiger partial charge in [0.15, 0.2) is 0 Å². The summed E-state index contributed by atoms with van der Waals surface area (Å²) >= 11 is 1.47. The molecule has 2 aliphatic rings. The summed E-state index contributed by atoms with van der Waals surface area (Å²) < 4.78 is 26.6. The van der Waals surface area contributed by atoms with E-state index < -0.39 is 10.7 Å². The minimum Gasteiger partial charge on any atom is -0.508 e. The van der Waals surface area contributed by atoms with E-state index in [1.165, 1.54) is 11.8 Å². The lowest BCUT2D eigenvalue weighted by Gasteiger charge is -2.50. The second kappa shape index (κ2) is 4.01. The van der Waals surface area contributed by atoms with Gasteiger partial charge in [0.2, 0.25) is 0 Å². The van der Waals surface area contributed by atoms with Gasteiger partial charge in [-0.3, -0.25) is 0 Å². The van der Waals surface area contributed by atoms with E-state index in [-0.39, 0.29) is 18.6 Å². The Morgan fingerprint density at radius 1 is 1.05 bits per heavy atom. The highest BCUT2D eigenvalue weighted by atomic mass is 32.2. The Balaban J connectivity index is 1.94. The van der Waals surface area contributed by atoms with Gasteiger partial charge in [-0.1, -0.05) is 23.8 Å². The van der Waals surface area contributed by atoms with E-state index in [1.54, 1.807) is 12.1 Å². The number of aryl methyl sites for hydroxylation is 1. The van der Waals surface area contributed by atoms with Crippen LogP contribution in [0, 0.1) is 6.92 Å². The molecule has 0 atom stereocenters. The summed E-state index contributed by atoms with van der Waals surface area (Å²) in [7, 11) is 0. The summed E-state index contributed by atoms with van der Waals surface area (Å²) in [4.78, 5) is 0.891. The highest BCUT2D eigenvalue weighted by molar-refractivity contribution is 8.00. The van der Waals surface area contributed by atoms with Crippen LogP contribution in [0.2, 0.25) is 0 Å². The molecular formula is C17H14F2OS. The van der Waals surface area contributed by atoms with Gasteiger partial charge in [0, 0.05) is 17.7 Å². The van der Waals surface area contributed by atoms with Crippen LogP contribution in [0.3, 0.4) is 0 Å². The van der Waals surface area contributed by atoms with E-state index >= 15 is 0 Å². The molecule has 1 saturated carbocycles. The molecule has 0 aromatic heterocycles. The van der Waals surface area contributed by atoms with Crippen molar-refractivity contribution in [3.8, 4) is 16.9 Å². The van der Waals surface area contributed by atoms with Crippen LogP contribution in [0.25, 0.3) is 11.1 Å². The first-order valence-electron chi connectivity index (χ1n) is 6.90. The molecule has 1 N–H and O–H groups in total. The van der Waals surface area contributed by atoms with Crippen molar-refractivity contribution in [1.29, 1.82) is 0 Å². The number of fused-ring (bicyclic) bond motifs is 4. The molecule has 1 aliphatic carbocycles. The number of benzene rings is 2. The molecule has 0 radical (unpaired) electrons. The van der Waals surface area contributed by atoms with E-state index in [0.29, 0.717) is 0 Å². The lowest BCUT2D eigenvalue weighted by atomic mass is 9.72. The standard InChI is InChI=1S/C17H14F2OS/c1-10-2-4-12-13-5-3-11(20)7-15(13)21-16(14(12)6-10)8-17(18,19)9-16/h2-7,20H,8-9H2,1H3. The molecule has 1 spiro atoms. The Kier molecular flexibility index (Phi) is 2.51. The van der Waals surface area contributed by atoms with Gasteiger partial charge in [0.25, 0.3) is 5.92 Å². The maximum atomic E-state index is 13.6. The molecule has 0 amide bonds. The number of aromatic hydroxyl groups is 1. The molecule has 1 heterocycles. The summed E-state index contributed by atoms with van der Waals surface area (Å²) in [5, 5.41) is 9.68. The number of alkyl halides is 2. The maximum Gasteiger partial charge on any atom is 0.251 e. The largest absolute Gasteiger partial charge is 0.508 e. The van der Waals surface area contributed by atoms with Crippen LogP contribution in [0.15, 0.2) is 41.3 Å². The third kappa shape index (κ3) is 1.89.